The summed E-state index contributed by atoms with van der Waals surface area (Å²) in [5.41, 5.74) is 3.08. The predicted molar refractivity (Wildman–Crippen MR) is 153 cm³/mol. The molecule has 0 saturated heterocycles. The smallest absolute Gasteiger partial charge is 0.206 e. The Balaban J connectivity index is 1.69. The summed E-state index contributed by atoms with van der Waals surface area (Å²) in [5.74, 6) is 1.89. The van der Waals surface area contributed by atoms with Crippen LogP contribution in [0.2, 0.25) is 0 Å². The van der Waals surface area contributed by atoms with Gasteiger partial charge < -0.3 is 19.3 Å². The van der Waals surface area contributed by atoms with Crippen LogP contribution >= 0.6 is 11.3 Å². The fourth-order valence-corrected chi connectivity index (χ4v) is 5.93. The summed E-state index contributed by atoms with van der Waals surface area (Å²) in [6, 6.07) is 15.8. The second-order valence-corrected chi connectivity index (χ2v) is 10.3. The third-order valence-electron chi connectivity index (χ3n) is 7.05. The molecule has 0 unspecified atom stereocenters. The lowest BCUT2D eigenvalue weighted by molar-refractivity contribution is 0.324. The van der Waals surface area contributed by atoms with Crippen LogP contribution in [0.15, 0.2) is 64.0 Å². The number of aromatic hydroxyl groups is 1. The molecule has 0 spiro atoms. The molecule has 1 N–H and O–H groups in total. The van der Waals surface area contributed by atoms with Crippen LogP contribution in [0.5, 0.6) is 23.0 Å². The van der Waals surface area contributed by atoms with Crippen LogP contribution in [-0.4, -0.2) is 42.9 Å². The zero-order valence-corrected chi connectivity index (χ0v) is 23.0. The molecule has 38 heavy (non-hydrogen) atoms. The number of methoxy groups -OCH3 is 3. The van der Waals surface area contributed by atoms with Crippen molar-refractivity contribution in [3.05, 3.63) is 64.3 Å². The molecule has 0 aliphatic heterocycles. The summed E-state index contributed by atoms with van der Waals surface area (Å²) in [6.45, 7) is 1.91. The summed E-state index contributed by atoms with van der Waals surface area (Å²) in [5, 5.41) is 20.0. The number of nitrogens with zero attached hydrogens (tertiary/aromatic N) is 3. The highest BCUT2D eigenvalue weighted by atomic mass is 32.1. The van der Waals surface area contributed by atoms with Crippen LogP contribution in [0.1, 0.15) is 44.6 Å². The highest BCUT2D eigenvalue weighted by Crippen LogP contribution is 2.41. The zero-order chi connectivity index (χ0) is 26.6. The van der Waals surface area contributed by atoms with Gasteiger partial charge in [0.15, 0.2) is 11.5 Å². The van der Waals surface area contributed by atoms with Gasteiger partial charge in [-0.1, -0.05) is 49.6 Å². The predicted octanol–water partition coefficient (Wildman–Crippen LogP) is 6.61. The van der Waals surface area contributed by atoms with Gasteiger partial charge in [0, 0.05) is 21.9 Å². The van der Waals surface area contributed by atoms with Crippen molar-refractivity contribution in [1.29, 1.82) is 0 Å². The normalized spacial score (nSPS) is 15.2. The Kier molecular flexibility index (Phi) is 7.69. The lowest BCUT2D eigenvalue weighted by Gasteiger charge is -2.17. The van der Waals surface area contributed by atoms with E-state index in [1.54, 1.807) is 32.7 Å². The molecular weight excluding hydrogens is 498 g/mol. The van der Waals surface area contributed by atoms with Crippen LogP contribution < -0.4 is 19.0 Å². The van der Waals surface area contributed by atoms with Crippen molar-refractivity contribution in [2.24, 2.45) is 10.1 Å². The van der Waals surface area contributed by atoms with E-state index in [2.05, 4.69) is 5.38 Å². The summed E-state index contributed by atoms with van der Waals surface area (Å²) in [6.07, 6.45) is 5.85. The fraction of sp³-hybridized carbons (Fsp3) is 0.333. The number of rotatable bonds is 7. The number of aromatic nitrogens is 1. The Morgan fingerprint density at radius 1 is 0.947 bits per heavy atom. The minimum absolute atomic E-state index is 0.222. The van der Waals surface area contributed by atoms with Crippen molar-refractivity contribution in [2.45, 2.75) is 45.1 Å². The molecule has 0 bridgehead atoms. The van der Waals surface area contributed by atoms with Crippen molar-refractivity contribution in [3.8, 4) is 34.3 Å². The molecule has 4 aromatic rings. The maximum absolute atomic E-state index is 11.1. The number of fused-ring (bicyclic) bond motifs is 1. The van der Waals surface area contributed by atoms with Crippen molar-refractivity contribution in [3.63, 3.8) is 0 Å². The van der Waals surface area contributed by atoms with E-state index in [1.165, 1.54) is 19.3 Å². The second kappa shape index (κ2) is 11.3. The molecule has 1 saturated carbocycles. The molecular formula is C30H33N3O4S. The van der Waals surface area contributed by atoms with E-state index < -0.39 is 0 Å². The Morgan fingerprint density at radius 2 is 1.66 bits per heavy atom. The molecule has 1 fully saturated rings. The number of phenolic OH excluding ortho intramolecular Hbond substituents is 1. The largest absolute Gasteiger partial charge is 0.507 e. The molecule has 1 aliphatic carbocycles. The summed E-state index contributed by atoms with van der Waals surface area (Å²) in [4.78, 5) is 5.95. The van der Waals surface area contributed by atoms with Crippen molar-refractivity contribution in [1.82, 2.24) is 4.68 Å². The molecule has 1 aromatic heterocycles. The molecule has 1 aliphatic rings. The summed E-state index contributed by atoms with van der Waals surface area (Å²) in [7, 11) is 4.81. The van der Waals surface area contributed by atoms with E-state index in [0.717, 1.165) is 39.7 Å². The number of benzene rings is 3. The monoisotopic (exact) mass is 531 g/mol. The highest BCUT2D eigenvalue weighted by molar-refractivity contribution is 7.07. The standard InChI is InChI=1S/C30H33N3O4S/c1-19(23-15-14-20-10-8-9-13-24(20)28(23)34)32-33-25(18-38-30(33)31-22-11-6-5-7-12-22)21-16-26(35-2)29(37-4)27(17-21)36-3/h8-10,13-18,22,34H,5-7,11-12H2,1-4H3/b31-30?,32-19-. The molecule has 5 rings (SSSR count). The fourth-order valence-electron chi connectivity index (χ4n) is 5.03. The average molecular weight is 532 g/mol. The van der Waals surface area contributed by atoms with Crippen LogP contribution in [0.25, 0.3) is 22.0 Å². The second-order valence-electron chi connectivity index (χ2n) is 9.42. The lowest BCUT2D eigenvalue weighted by Crippen LogP contribution is -2.19. The minimum Gasteiger partial charge on any atom is -0.507 e. The van der Waals surface area contributed by atoms with E-state index >= 15 is 0 Å². The topological polar surface area (TPSA) is 77.6 Å². The van der Waals surface area contributed by atoms with Crippen molar-refractivity contribution >= 4 is 27.8 Å². The van der Waals surface area contributed by atoms with E-state index in [0.29, 0.717) is 28.5 Å². The van der Waals surface area contributed by atoms with Crippen LogP contribution in [-0.2, 0) is 0 Å². The van der Waals surface area contributed by atoms with Gasteiger partial charge in [0.25, 0.3) is 0 Å². The Labute approximate surface area is 226 Å². The van der Waals surface area contributed by atoms with E-state index in [-0.39, 0.29) is 11.8 Å². The lowest BCUT2D eigenvalue weighted by atomic mass is 9.96. The van der Waals surface area contributed by atoms with Gasteiger partial charge in [-0.2, -0.15) is 5.10 Å². The highest BCUT2D eigenvalue weighted by Gasteiger charge is 2.19. The van der Waals surface area contributed by atoms with Gasteiger partial charge >= 0.3 is 0 Å². The average Bonchev–Trinajstić information content (AvgIpc) is 3.34. The molecule has 0 radical (unpaired) electrons. The van der Waals surface area contributed by atoms with Gasteiger partial charge in [-0.3, -0.25) is 4.99 Å². The van der Waals surface area contributed by atoms with Gasteiger partial charge in [0.2, 0.25) is 10.6 Å². The van der Waals surface area contributed by atoms with Gasteiger partial charge in [-0.25, -0.2) is 4.68 Å². The maximum atomic E-state index is 11.1. The minimum atomic E-state index is 0.222. The summed E-state index contributed by atoms with van der Waals surface area (Å²) < 4.78 is 18.6. The molecule has 198 valence electrons. The quantitative estimate of drug-likeness (QED) is 0.272. The molecule has 8 heteroatoms. The van der Waals surface area contributed by atoms with Gasteiger partial charge in [-0.05, 0) is 43.4 Å². The molecule has 7 nitrogen and oxygen atoms in total. The molecule has 0 amide bonds. The molecule has 3 aromatic carbocycles. The SMILES string of the molecule is COc1cc(-c2csc(=NC3CCCCC3)n2/N=C(/C)c2ccc3ccccc3c2O)cc(OC)c1OC. The maximum Gasteiger partial charge on any atom is 0.206 e. The Morgan fingerprint density at radius 3 is 2.34 bits per heavy atom. The third kappa shape index (κ3) is 5.00. The van der Waals surface area contributed by atoms with E-state index in [1.807, 2.05) is 60.1 Å². The van der Waals surface area contributed by atoms with Gasteiger partial charge in [0.05, 0.1) is 38.8 Å². The van der Waals surface area contributed by atoms with Crippen LogP contribution in [0.3, 0.4) is 0 Å². The van der Waals surface area contributed by atoms with Crippen LogP contribution in [0.4, 0.5) is 0 Å². The number of thiazole rings is 1. The van der Waals surface area contributed by atoms with E-state index in [4.69, 9.17) is 24.3 Å². The number of hydrogen-bond acceptors (Lipinski definition) is 7. The Hall–Kier alpha value is -3.78. The first kappa shape index (κ1) is 25.9. The Bertz CT molecular complexity index is 1520. The first-order chi connectivity index (χ1) is 18.5. The molecule has 1 heterocycles. The number of phenols is 1. The van der Waals surface area contributed by atoms with Crippen molar-refractivity contribution < 1.29 is 19.3 Å². The van der Waals surface area contributed by atoms with Crippen molar-refractivity contribution in [2.75, 3.05) is 21.3 Å². The first-order valence-corrected chi connectivity index (χ1v) is 13.7. The zero-order valence-electron chi connectivity index (χ0n) is 22.2. The number of ether oxygens (including phenoxy) is 3. The van der Waals surface area contributed by atoms with E-state index in [9.17, 15) is 5.11 Å². The van der Waals surface area contributed by atoms with Gasteiger partial charge in [-0.15, -0.1) is 11.3 Å². The van der Waals surface area contributed by atoms with Crippen LogP contribution in [0, 0.1) is 0 Å². The molecule has 0 atom stereocenters. The van der Waals surface area contributed by atoms with Gasteiger partial charge in [0.1, 0.15) is 5.75 Å². The third-order valence-corrected chi connectivity index (χ3v) is 7.88. The number of hydrogen-bond donors (Lipinski definition) is 1. The first-order valence-electron chi connectivity index (χ1n) is 12.9. The summed E-state index contributed by atoms with van der Waals surface area (Å²) >= 11 is 1.56.